The van der Waals surface area contributed by atoms with Gasteiger partial charge in [-0.05, 0) is 31.5 Å². The summed E-state index contributed by atoms with van der Waals surface area (Å²) in [5.41, 5.74) is 4.31. The van der Waals surface area contributed by atoms with Gasteiger partial charge in [0, 0.05) is 24.9 Å². The van der Waals surface area contributed by atoms with Gasteiger partial charge in [0.2, 0.25) is 0 Å². The van der Waals surface area contributed by atoms with Gasteiger partial charge < -0.3 is 14.6 Å². The van der Waals surface area contributed by atoms with Gasteiger partial charge >= 0.3 is 0 Å². The molecular weight excluding hydrogens is 228 g/mol. The Balaban J connectivity index is 1.98. The normalized spacial score (nSPS) is 10.6. The van der Waals surface area contributed by atoms with Crippen LogP contribution in [0.3, 0.4) is 0 Å². The second kappa shape index (κ2) is 5.69. The molecule has 0 saturated carbocycles. The fraction of sp³-hybridized carbons (Fsp3) is 0.357. The van der Waals surface area contributed by atoms with Crippen LogP contribution in [0.5, 0.6) is 0 Å². The molecule has 0 atom stereocenters. The quantitative estimate of drug-likeness (QED) is 0.880. The van der Waals surface area contributed by atoms with Gasteiger partial charge in [0.15, 0.2) is 0 Å². The molecule has 2 rings (SSSR count). The molecule has 1 heterocycles. The summed E-state index contributed by atoms with van der Waals surface area (Å²) in [4.78, 5) is 0. The first kappa shape index (κ1) is 12.6. The van der Waals surface area contributed by atoms with E-state index in [0.29, 0.717) is 6.61 Å². The van der Waals surface area contributed by atoms with Crippen LogP contribution >= 0.6 is 0 Å². The zero-order valence-electron chi connectivity index (χ0n) is 11.0. The Bertz CT molecular complexity index is 484. The highest BCUT2D eigenvalue weighted by atomic mass is 16.5. The number of rotatable bonds is 5. The van der Waals surface area contributed by atoms with Crippen molar-refractivity contribution in [2.45, 2.75) is 27.0 Å². The van der Waals surface area contributed by atoms with Crippen molar-refractivity contribution in [1.82, 2.24) is 5.16 Å². The molecule has 0 bridgehead atoms. The largest absolute Gasteiger partial charge is 0.381 e. The van der Waals surface area contributed by atoms with Crippen LogP contribution < -0.4 is 5.32 Å². The Morgan fingerprint density at radius 1 is 1.22 bits per heavy atom. The van der Waals surface area contributed by atoms with Gasteiger partial charge in [-0.2, -0.15) is 0 Å². The predicted octanol–water partition coefficient (Wildman–Crippen LogP) is 3.05. The summed E-state index contributed by atoms with van der Waals surface area (Å²) in [5, 5.41) is 7.29. The topological polar surface area (TPSA) is 47.3 Å². The summed E-state index contributed by atoms with van der Waals surface area (Å²) < 4.78 is 10.2. The van der Waals surface area contributed by atoms with Crippen molar-refractivity contribution >= 4 is 5.69 Å². The maximum absolute atomic E-state index is 5.13. The Hall–Kier alpha value is -1.81. The molecule has 0 aliphatic rings. The average molecular weight is 246 g/mol. The highest BCUT2D eigenvalue weighted by Crippen LogP contribution is 2.16. The zero-order valence-corrected chi connectivity index (χ0v) is 11.0. The number of aromatic nitrogens is 1. The lowest BCUT2D eigenvalue weighted by Gasteiger charge is -2.07. The van der Waals surface area contributed by atoms with Crippen LogP contribution in [0.25, 0.3) is 0 Å². The van der Waals surface area contributed by atoms with Crippen molar-refractivity contribution < 1.29 is 9.26 Å². The highest BCUT2D eigenvalue weighted by molar-refractivity contribution is 5.45. The number of nitrogens with zero attached hydrogens (tertiary/aromatic N) is 1. The number of aryl methyl sites for hydroxylation is 2. The van der Waals surface area contributed by atoms with E-state index in [2.05, 4.69) is 22.6 Å². The van der Waals surface area contributed by atoms with Crippen LogP contribution in [0.2, 0.25) is 0 Å². The number of hydrogen-bond acceptors (Lipinski definition) is 4. The van der Waals surface area contributed by atoms with E-state index in [4.69, 9.17) is 9.26 Å². The molecule has 96 valence electrons. The number of hydrogen-bond donors (Lipinski definition) is 1. The first-order valence-electron chi connectivity index (χ1n) is 5.94. The van der Waals surface area contributed by atoms with Crippen molar-refractivity contribution in [2.24, 2.45) is 0 Å². The second-order valence-corrected chi connectivity index (χ2v) is 4.29. The molecule has 1 aromatic carbocycles. The lowest BCUT2D eigenvalue weighted by atomic mass is 10.2. The van der Waals surface area contributed by atoms with Crippen molar-refractivity contribution in [3.8, 4) is 0 Å². The molecule has 0 radical (unpaired) electrons. The molecule has 0 fully saturated rings. The summed E-state index contributed by atoms with van der Waals surface area (Å²) >= 11 is 0. The number of methoxy groups -OCH3 is 1. The third-order valence-electron chi connectivity index (χ3n) is 2.92. The SMILES string of the molecule is COCc1ccc(NCc2c(C)noc2C)cc1. The molecule has 0 saturated heterocycles. The van der Waals surface area contributed by atoms with Crippen LogP contribution in [-0.2, 0) is 17.9 Å². The van der Waals surface area contributed by atoms with Crippen LogP contribution in [0.15, 0.2) is 28.8 Å². The molecule has 1 N–H and O–H groups in total. The molecule has 0 amide bonds. The molecule has 1 aromatic heterocycles. The lowest BCUT2D eigenvalue weighted by molar-refractivity contribution is 0.185. The van der Waals surface area contributed by atoms with Crippen molar-refractivity contribution in [3.63, 3.8) is 0 Å². The number of ether oxygens (including phenoxy) is 1. The summed E-state index contributed by atoms with van der Waals surface area (Å²) in [6.07, 6.45) is 0. The van der Waals surface area contributed by atoms with E-state index in [-0.39, 0.29) is 0 Å². The van der Waals surface area contributed by atoms with Gasteiger partial charge in [0.05, 0.1) is 12.3 Å². The fourth-order valence-corrected chi connectivity index (χ4v) is 1.83. The van der Waals surface area contributed by atoms with E-state index in [1.807, 2.05) is 26.0 Å². The van der Waals surface area contributed by atoms with Crippen molar-refractivity contribution in [2.75, 3.05) is 12.4 Å². The van der Waals surface area contributed by atoms with Crippen molar-refractivity contribution in [1.29, 1.82) is 0 Å². The molecule has 0 aliphatic heterocycles. The second-order valence-electron chi connectivity index (χ2n) is 4.29. The average Bonchev–Trinajstić information content (AvgIpc) is 2.69. The molecule has 0 spiro atoms. The summed E-state index contributed by atoms with van der Waals surface area (Å²) in [6.45, 7) is 5.25. The van der Waals surface area contributed by atoms with Crippen molar-refractivity contribution in [3.05, 3.63) is 46.8 Å². The molecular formula is C14H18N2O2. The van der Waals surface area contributed by atoms with Gasteiger partial charge in [-0.1, -0.05) is 17.3 Å². The van der Waals surface area contributed by atoms with E-state index in [0.717, 1.165) is 29.2 Å². The Morgan fingerprint density at radius 3 is 2.50 bits per heavy atom. The van der Waals surface area contributed by atoms with E-state index < -0.39 is 0 Å². The molecule has 0 aliphatic carbocycles. The van der Waals surface area contributed by atoms with Gasteiger partial charge in [-0.15, -0.1) is 0 Å². The van der Waals surface area contributed by atoms with Crippen LogP contribution in [0, 0.1) is 13.8 Å². The predicted molar refractivity (Wildman–Crippen MR) is 70.5 cm³/mol. The minimum absolute atomic E-state index is 0.643. The smallest absolute Gasteiger partial charge is 0.138 e. The standard InChI is InChI=1S/C14H18N2O2/c1-10-14(11(2)18-16-10)8-15-13-6-4-12(5-7-13)9-17-3/h4-7,15H,8-9H2,1-3H3. The maximum atomic E-state index is 5.13. The van der Waals surface area contributed by atoms with Crippen LogP contribution in [0.1, 0.15) is 22.6 Å². The lowest BCUT2D eigenvalue weighted by Crippen LogP contribution is -2.01. The molecule has 18 heavy (non-hydrogen) atoms. The van der Waals surface area contributed by atoms with Crippen LogP contribution in [0.4, 0.5) is 5.69 Å². The highest BCUT2D eigenvalue weighted by Gasteiger charge is 2.07. The van der Waals surface area contributed by atoms with E-state index >= 15 is 0 Å². The molecule has 4 heteroatoms. The first-order chi connectivity index (χ1) is 8.70. The first-order valence-corrected chi connectivity index (χ1v) is 5.94. The Morgan fingerprint density at radius 2 is 1.94 bits per heavy atom. The fourth-order valence-electron chi connectivity index (χ4n) is 1.83. The van der Waals surface area contributed by atoms with Gasteiger partial charge in [0.1, 0.15) is 5.76 Å². The van der Waals surface area contributed by atoms with Gasteiger partial charge in [0.25, 0.3) is 0 Å². The Labute approximate surface area is 107 Å². The minimum atomic E-state index is 0.643. The number of benzene rings is 1. The number of anilines is 1. The van der Waals surface area contributed by atoms with Gasteiger partial charge in [-0.3, -0.25) is 0 Å². The van der Waals surface area contributed by atoms with E-state index in [1.54, 1.807) is 7.11 Å². The third-order valence-corrected chi connectivity index (χ3v) is 2.92. The van der Waals surface area contributed by atoms with E-state index in [9.17, 15) is 0 Å². The monoisotopic (exact) mass is 246 g/mol. The summed E-state index contributed by atoms with van der Waals surface area (Å²) in [7, 11) is 1.70. The maximum Gasteiger partial charge on any atom is 0.138 e. The molecule has 0 unspecified atom stereocenters. The Kier molecular flexibility index (Phi) is 3.99. The number of nitrogens with one attached hydrogen (secondary N) is 1. The molecule has 2 aromatic rings. The summed E-state index contributed by atoms with van der Waals surface area (Å²) in [6, 6.07) is 8.21. The van der Waals surface area contributed by atoms with Gasteiger partial charge in [-0.25, -0.2) is 0 Å². The van der Waals surface area contributed by atoms with E-state index in [1.165, 1.54) is 5.56 Å². The van der Waals surface area contributed by atoms with Crippen LogP contribution in [-0.4, -0.2) is 12.3 Å². The third kappa shape index (κ3) is 2.90. The zero-order chi connectivity index (χ0) is 13.0. The summed E-state index contributed by atoms with van der Waals surface area (Å²) in [5.74, 6) is 0.871. The minimum Gasteiger partial charge on any atom is -0.381 e. The molecule has 4 nitrogen and oxygen atoms in total.